The van der Waals surface area contributed by atoms with Gasteiger partial charge in [-0.3, -0.25) is 0 Å². The van der Waals surface area contributed by atoms with Crippen LogP contribution in [0.2, 0.25) is 0 Å². The van der Waals surface area contributed by atoms with Gasteiger partial charge in [0.15, 0.2) is 0 Å². The van der Waals surface area contributed by atoms with Gasteiger partial charge in [-0.1, -0.05) is 0 Å². The van der Waals surface area contributed by atoms with E-state index in [2.05, 4.69) is 15.9 Å². The Bertz CT molecular complexity index is 600. The van der Waals surface area contributed by atoms with Crippen molar-refractivity contribution in [1.29, 1.82) is 0 Å². The summed E-state index contributed by atoms with van der Waals surface area (Å²) in [6, 6.07) is 4.77. The molecule has 0 N–H and O–H groups in total. The van der Waals surface area contributed by atoms with Crippen molar-refractivity contribution in [3.8, 4) is 5.75 Å². The predicted molar refractivity (Wildman–Crippen MR) is 79.5 cm³/mol. The molecule has 1 aromatic carbocycles. The van der Waals surface area contributed by atoms with Crippen molar-refractivity contribution in [2.45, 2.75) is 24.3 Å². The number of rotatable bonds is 3. The highest BCUT2D eigenvalue weighted by Gasteiger charge is 2.39. The zero-order chi connectivity index (χ0) is 15.0. The Labute approximate surface area is 128 Å². The van der Waals surface area contributed by atoms with E-state index in [1.165, 1.54) is 4.31 Å². The summed E-state index contributed by atoms with van der Waals surface area (Å²) >= 11 is 3.32. The van der Waals surface area contributed by atoms with Crippen molar-refractivity contribution < 1.29 is 17.9 Å². The van der Waals surface area contributed by atoms with Crippen LogP contribution in [0, 0.1) is 0 Å². The summed E-state index contributed by atoms with van der Waals surface area (Å²) in [7, 11) is -2.01. The number of hydrogen-bond acceptors (Lipinski definition) is 4. The van der Waals surface area contributed by atoms with Crippen LogP contribution in [0.3, 0.4) is 0 Å². The van der Waals surface area contributed by atoms with Gasteiger partial charge in [0.2, 0.25) is 10.0 Å². The summed E-state index contributed by atoms with van der Waals surface area (Å²) in [5, 5.41) is 0. The van der Waals surface area contributed by atoms with Crippen LogP contribution in [0.25, 0.3) is 0 Å². The van der Waals surface area contributed by atoms with E-state index in [1.807, 2.05) is 13.8 Å². The Morgan fingerprint density at radius 1 is 1.40 bits per heavy atom. The van der Waals surface area contributed by atoms with Crippen molar-refractivity contribution in [2.75, 3.05) is 26.9 Å². The summed E-state index contributed by atoms with van der Waals surface area (Å²) in [5.74, 6) is 0.602. The molecule has 0 aliphatic carbocycles. The standard InChI is InChI=1S/C13H18BrNO4S/c1-13(2)9-19-7-6-15(13)20(16,17)10-4-5-12(18-3)11(14)8-10/h4-5,8H,6-7,9H2,1-3H3. The lowest BCUT2D eigenvalue weighted by atomic mass is 10.1. The number of morpholine rings is 1. The van der Waals surface area contributed by atoms with Gasteiger partial charge in [-0.15, -0.1) is 0 Å². The molecule has 1 aliphatic rings. The summed E-state index contributed by atoms with van der Waals surface area (Å²) in [4.78, 5) is 0.250. The molecular weight excluding hydrogens is 346 g/mol. The summed E-state index contributed by atoms with van der Waals surface area (Å²) in [6.45, 7) is 4.90. The van der Waals surface area contributed by atoms with Gasteiger partial charge in [0, 0.05) is 6.54 Å². The van der Waals surface area contributed by atoms with Gasteiger partial charge in [0.05, 0.1) is 35.2 Å². The fraction of sp³-hybridized carbons (Fsp3) is 0.538. The molecule has 1 aliphatic heterocycles. The Balaban J connectivity index is 2.42. The minimum Gasteiger partial charge on any atom is -0.496 e. The molecule has 112 valence electrons. The van der Waals surface area contributed by atoms with Crippen LogP contribution in [0.15, 0.2) is 27.6 Å². The lowest BCUT2D eigenvalue weighted by Gasteiger charge is -2.40. The quantitative estimate of drug-likeness (QED) is 0.826. The van der Waals surface area contributed by atoms with Gasteiger partial charge in [-0.25, -0.2) is 8.42 Å². The molecule has 7 heteroatoms. The number of halogens is 1. The maximum Gasteiger partial charge on any atom is 0.243 e. The molecule has 1 fully saturated rings. The first-order chi connectivity index (χ1) is 9.29. The van der Waals surface area contributed by atoms with Crippen molar-refractivity contribution in [2.24, 2.45) is 0 Å². The van der Waals surface area contributed by atoms with E-state index >= 15 is 0 Å². The summed E-state index contributed by atoms with van der Waals surface area (Å²) in [6.07, 6.45) is 0. The summed E-state index contributed by atoms with van der Waals surface area (Å²) < 4.78 is 38.1. The monoisotopic (exact) mass is 363 g/mol. The maximum atomic E-state index is 12.8. The third-order valence-corrected chi connectivity index (χ3v) is 6.01. The smallest absolute Gasteiger partial charge is 0.243 e. The van der Waals surface area contributed by atoms with E-state index in [-0.39, 0.29) is 4.90 Å². The van der Waals surface area contributed by atoms with Gasteiger partial charge in [-0.05, 0) is 48.0 Å². The average Bonchev–Trinajstić information content (AvgIpc) is 2.37. The lowest BCUT2D eigenvalue weighted by Crippen LogP contribution is -2.55. The van der Waals surface area contributed by atoms with Gasteiger partial charge in [-0.2, -0.15) is 4.31 Å². The van der Waals surface area contributed by atoms with E-state index in [0.717, 1.165) is 0 Å². The van der Waals surface area contributed by atoms with Gasteiger partial charge in [0.1, 0.15) is 5.75 Å². The van der Waals surface area contributed by atoms with Gasteiger partial charge in [0.25, 0.3) is 0 Å². The fourth-order valence-electron chi connectivity index (χ4n) is 2.22. The second-order valence-electron chi connectivity index (χ2n) is 5.24. The predicted octanol–water partition coefficient (Wildman–Crippen LogP) is 2.26. The number of ether oxygens (including phenoxy) is 2. The number of methoxy groups -OCH3 is 1. The first-order valence-corrected chi connectivity index (χ1v) is 8.46. The molecule has 0 bridgehead atoms. The second-order valence-corrected chi connectivity index (χ2v) is 7.96. The number of benzene rings is 1. The Kier molecular flexibility index (Phi) is 4.44. The molecule has 0 spiro atoms. The van der Waals surface area contributed by atoms with Crippen LogP contribution < -0.4 is 4.74 Å². The van der Waals surface area contributed by atoms with Crippen molar-refractivity contribution in [3.05, 3.63) is 22.7 Å². The van der Waals surface area contributed by atoms with E-state index in [9.17, 15) is 8.42 Å². The third kappa shape index (κ3) is 2.86. The minimum atomic E-state index is -3.55. The van der Waals surface area contributed by atoms with Crippen LogP contribution in [-0.4, -0.2) is 45.1 Å². The molecule has 1 heterocycles. The molecule has 20 heavy (non-hydrogen) atoms. The molecular formula is C13H18BrNO4S. The van der Waals surface area contributed by atoms with E-state index in [0.29, 0.717) is 30.0 Å². The fourth-order valence-corrected chi connectivity index (χ4v) is 4.70. The molecule has 2 rings (SSSR count). The maximum absolute atomic E-state index is 12.8. The molecule has 0 saturated carbocycles. The molecule has 1 aromatic rings. The zero-order valence-corrected chi connectivity index (χ0v) is 14.1. The topological polar surface area (TPSA) is 55.8 Å². The van der Waals surface area contributed by atoms with Crippen LogP contribution in [-0.2, 0) is 14.8 Å². The van der Waals surface area contributed by atoms with Crippen LogP contribution in [0.1, 0.15) is 13.8 Å². The van der Waals surface area contributed by atoms with E-state index < -0.39 is 15.6 Å². The molecule has 0 atom stereocenters. The highest BCUT2D eigenvalue weighted by Crippen LogP contribution is 2.32. The van der Waals surface area contributed by atoms with Crippen LogP contribution >= 0.6 is 15.9 Å². The number of sulfonamides is 1. The lowest BCUT2D eigenvalue weighted by molar-refractivity contribution is -0.00771. The van der Waals surface area contributed by atoms with E-state index in [4.69, 9.17) is 9.47 Å². The Hall–Kier alpha value is -0.630. The van der Waals surface area contributed by atoms with Crippen LogP contribution in [0.4, 0.5) is 0 Å². The molecule has 0 amide bonds. The minimum absolute atomic E-state index is 0.250. The normalized spacial score (nSPS) is 19.8. The highest BCUT2D eigenvalue weighted by atomic mass is 79.9. The van der Waals surface area contributed by atoms with Gasteiger partial charge >= 0.3 is 0 Å². The van der Waals surface area contributed by atoms with Crippen LogP contribution in [0.5, 0.6) is 5.75 Å². The summed E-state index contributed by atoms with van der Waals surface area (Å²) in [5.41, 5.74) is -0.552. The van der Waals surface area contributed by atoms with Crippen molar-refractivity contribution in [3.63, 3.8) is 0 Å². The molecule has 5 nitrogen and oxygen atoms in total. The molecule has 1 saturated heterocycles. The largest absolute Gasteiger partial charge is 0.496 e. The third-order valence-electron chi connectivity index (χ3n) is 3.28. The van der Waals surface area contributed by atoms with Crippen molar-refractivity contribution >= 4 is 26.0 Å². The van der Waals surface area contributed by atoms with Crippen molar-refractivity contribution in [1.82, 2.24) is 4.31 Å². The first kappa shape index (κ1) is 15.8. The number of nitrogens with zero attached hydrogens (tertiary/aromatic N) is 1. The molecule has 0 aromatic heterocycles. The Morgan fingerprint density at radius 3 is 2.65 bits per heavy atom. The highest BCUT2D eigenvalue weighted by molar-refractivity contribution is 9.10. The molecule has 0 unspecified atom stereocenters. The number of hydrogen-bond donors (Lipinski definition) is 0. The van der Waals surface area contributed by atoms with Gasteiger partial charge < -0.3 is 9.47 Å². The first-order valence-electron chi connectivity index (χ1n) is 6.23. The zero-order valence-electron chi connectivity index (χ0n) is 11.7. The average molecular weight is 364 g/mol. The Morgan fingerprint density at radius 2 is 2.10 bits per heavy atom. The van der Waals surface area contributed by atoms with E-state index in [1.54, 1.807) is 25.3 Å². The SMILES string of the molecule is COc1ccc(S(=O)(=O)N2CCOCC2(C)C)cc1Br. The second kappa shape index (κ2) is 5.63. The molecule has 0 radical (unpaired) electrons.